The van der Waals surface area contributed by atoms with Gasteiger partial charge in [0, 0.05) is 5.92 Å². The second-order valence-corrected chi connectivity index (χ2v) is 11.9. The van der Waals surface area contributed by atoms with Crippen molar-refractivity contribution in [2.24, 2.45) is 5.92 Å². The average molecular weight is 341 g/mol. The van der Waals surface area contributed by atoms with Crippen molar-refractivity contribution in [3.8, 4) is 0 Å². The van der Waals surface area contributed by atoms with E-state index in [0.29, 0.717) is 0 Å². The molecule has 23 heavy (non-hydrogen) atoms. The molecule has 0 fully saturated rings. The lowest BCUT2D eigenvalue weighted by molar-refractivity contribution is -0.140. The summed E-state index contributed by atoms with van der Waals surface area (Å²) < 4.78 is 11.2. The molecule has 0 saturated heterocycles. The molecule has 0 unspecified atom stereocenters. The predicted molar refractivity (Wildman–Crippen MR) is 96.8 cm³/mol. The number of allylic oxidation sites excluding steroid dienone is 1. The summed E-state index contributed by atoms with van der Waals surface area (Å²) in [5, 5.41) is 0.0294. The van der Waals surface area contributed by atoms with Crippen LogP contribution in [0, 0.1) is 5.92 Å². The zero-order valence-electron chi connectivity index (χ0n) is 15.9. The lowest BCUT2D eigenvalue weighted by Crippen LogP contribution is -2.46. The van der Waals surface area contributed by atoms with Gasteiger partial charge in [-0.25, -0.2) is 4.79 Å². The number of ketones is 1. The summed E-state index contributed by atoms with van der Waals surface area (Å²) in [5.74, 6) is -1.34. The molecule has 2 atom stereocenters. The average Bonchev–Trinajstić information content (AvgIpc) is 2.43. The Balaban J connectivity index is 5.30. The zero-order valence-corrected chi connectivity index (χ0v) is 16.9. The number of hydrogen-bond acceptors (Lipinski definition) is 4. The fourth-order valence-electron chi connectivity index (χ4n) is 1.84. The summed E-state index contributed by atoms with van der Waals surface area (Å²) in [7, 11) is -2.04. The van der Waals surface area contributed by atoms with Crippen LogP contribution in [0.1, 0.15) is 41.5 Å². The molecule has 0 aromatic carbocycles. The Morgan fingerprint density at radius 2 is 1.78 bits per heavy atom. The third-order valence-electron chi connectivity index (χ3n) is 4.43. The number of ether oxygens (including phenoxy) is 1. The van der Waals surface area contributed by atoms with Crippen LogP contribution in [-0.4, -0.2) is 32.8 Å². The fourth-order valence-corrected chi connectivity index (χ4v) is 3.17. The van der Waals surface area contributed by atoms with Gasteiger partial charge in [0.15, 0.2) is 14.1 Å². The van der Waals surface area contributed by atoms with Crippen LogP contribution in [0.4, 0.5) is 0 Å². The Bertz CT molecular complexity index is 472. The number of rotatable bonds is 8. The Labute approximate surface area is 142 Å². The molecule has 5 heteroatoms. The number of carbonyl (C=O) groups is 2. The van der Waals surface area contributed by atoms with Crippen LogP contribution in [-0.2, 0) is 18.8 Å². The van der Waals surface area contributed by atoms with E-state index in [4.69, 9.17) is 9.16 Å². The van der Waals surface area contributed by atoms with Gasteiger partial charge < -0.3 is 9.16 Å². The van der Waals surface area contributed by atoms with Gasteiger partial charge >= 0.3 is 5.97 Å². The number of Topliss-reactive ketones (excluding diaryl/α,β-unsaturated/α-hetero) is 1. The molecule has 0 saturated carbocycles. The third-order valence-corrected chi connectivity index (χ3v) is 8.90. The Morgan fingerprint density at radius 1 is 1.26 bits per heavy atom. The van der Waals surface area contributed by atoms with Gasteiger partial charge in [0.2, 0.25) is 0 Å². The first-order chi connectivity index (χ1) is 10.4. The largest absolute Gasteiger partial charge is 0.462 e. The fraction of sp³-hybridized carbons (Fsp3) is 0.667. The summed E-state index contributed by atoms with van der Waals surface area (Å²) in [4.78, 5) is 24.6. The van der Waals surface area contributed by atoms with Gasteiger partial charge in [0.05, 0.1) is 18.3 Å². The van der Waals surface area contributed by atoms with Crippen molar-refractivity contribution in [2.45, 2.75) is 65.8 Å². The van der Waals surface area contributed by atoms with E-state index in [9.17, 15) is 9.59 Å². The van der Waals surface area contributed by atoms with Crippen molar-refractivity contribution in [2.75, 3.05) is 6.61 Å². The van der Waals surface area contributed by atoms with E-state index >= 15 is 0 Å². The van der Waals surface area contributed by atoms with Gasteiger partial charge in [-0.1, -0.05) is 39.8 Å². The normalized spacial score (nSPS) is 15.7. The number of hydrogen-bond donors (Lipinski definition) is 0. The Morgan fingerprint density at radius 3 is 2.13 bits per heavy atom. The third kappa shape index (κ3) is 5.73. The van der Waals surface area contributed by atoms with Crippen LogP contribution in [0.2, 0.25) is 18.1 Å². The first-order valence-corrected chi connectivity index (χ1v) is 11.0. The summed E-state index contributed by atoms with van der Waals surface area (Å²) >= 11 is 0. The van der Waals surface area contributed by atoms with Gasteiger partial charge in [-0.2, -0.15) is 0 Å². The van der Waals surface area contributed by atoms with Gasteiger partial charge in [-0.15, -0.1) is 6.58 Å². The maximum absolute atomic E-state index is 12.6. The van der Waals surface area contributed by atoms with Gasteiger partial charge in [-0.05, 0) is 32.0 Å². The van der Waals surface area contributed by atoms with Crippen LogP contribution >= 0.6 is 0 Å². The smallest absolute Gasteiger partial charge is 0.341 e. The van der Waals surface area contributed by atoms with Gasteiger partial charge in [0.25, 0.3) is 0 Å². The van der Waals surface area contributed by atoms with E-state index in [1.165, 1.54) is 6.08 Å². The van der Waals surface area contributed by atoms with Crippen LogP contribution in [0.5, 0.6) is 0 Å². The molecular formula is C18H32O4Si. The molecule has 0 N–H and O–H groups in total. The summed E-state index contributed by atoms with van der Waals surface area (Å²) in [6.45, 7) is 19.9. The van der Waals surface area contributed by atoms with Crippen molar-refractivity contribution >= 4 is 20.1 Å². The molecule has 132 valence electrons. The number of esters is 1. The summed E-state index contributed by atoms with van der Waals surface area (Å²) in [5.41, 5.74) is 0.0741. The minimum absolute atomic E-state index is 0.0294. The topological polar surface area (TPSA) is 52.6 Å². The molecule has 0 aromatic heterocycles. The van der Waals surface area contributed by atoms with Crippen molar-refractivity contribution < 1.29 is 18.8 Å². The van der Waals surface area contributed by atoms with E-state index < -0.39 is 26.3 Å². The maximum Gasteiger partial charge on any atom is 0.341 e. The monoisotopic (exact) mass is 340 g/mol. The van der Waals surface area contributed by atoms with E-state index in [-0.39, 0.29) is 23.0 Å². The van der Waals surface area contributed by atoms with Crippen LogP contribution < -0.4 is 0 Å². The second-order valence-electron chi connectivity index (χ2n) is 7.15. The van der Waals surface area contributed by atoms with E-state index in [2.05, 4.69) is 40.4 Å². The first kappa shape index (κ1) is 21.8. The van der Waals surface area contributed by atoms with Crippen molar-refractivity contribution in [1.29, 1.82) is 0 Å². The lowest BCUT2D eigenvalue weighted by atomic mass is 9.94. The van der Waals surface area contributed by atoms with Crippen molar-refractivity contribution in [1.82, 2.24) is 0 Å². The Hall–Kier alpha value is -1.20. The first-order valence-electron chi connectivity index (χ1n) is 8.10. The molecule has 0 aromatic rings. The molecule has 0 amide bonds. The quantitative estimate of drug-likeness (QED) is 0.165. The maximum atomic E-state index is 12.6. The van der Waals surface area contributed by atoms with E-state index in [1.54, 1.807) is 26.8 Å². The summed E-state index contributed by atoms with van der Waals surface area (Å²) in [6.07, 6.45) is 2.73. The van der Waals surface area contributed by atoms with E-state index in [1.807, 2.05) is 0 Å². The minimum atomic E-state index is -2.04. The lowest BCUT2D eigenvalue weighted by Gasteiger charge is -2.39. The highest BCUT2D eigenvalue weighted by atomic mass is 28.4. The SMILES string of the molecule is C=C[C@H](O[Si](C)(C)C(C)(C)C)[C@@H](C)C(=O)/C(=C/C)C(=O)OCC. The molecule has 0 aliphatic rings. The highest BCUT2D eigenvalue weighted by Gasteiger charge is 2.41. The van der Waals surface area contributed by atoms with E-state index in [0.717, 1.165) is 0 Å². The van der Waals surface area contributed by atoms with Crippen molar-refractivity contribution in [3.63, 3.8) is 0 Å². The second kappa shape index (κ2) is 8.59. The molecule has 0 aliphatic carbocycles. The molecular weight excluding hydrogens is 308 g/mol. The van der Waals surface area contributed by atoms with Crippen LogP contribution in [0.15, 0.2) is 24.3 Å². The Kier molecular flexibility index (Phi) is 8.14. The van der Waals surface area contributed by atoms with Crippen molar-refractivity contribution in [3.05, 3.63) is 24.3 Å². The van der Waals surface area contributed by atoms with Gasteiger partial charge in [0.1, 0.15) is 0 Å². The minimum Gasteiger partial charge on any atom is -0.462 e. The highest BCUT2D eigenvalue weighted by Crippen LogP contribution is 2.38. The molecule has 0 bridgehead atoms. The zero-order chi connectivity index (χ0) is 18.4. The number of carbonyl (C=O) groups excluding carboxylic acids is 2. The molecule has 0 rings (SSSR count). The molecule has 0 heterocycles. The standard InChI is InChI=1S/C18H32O4Si/c1-10-14(17(20)21-12-3)16(19)13(4)15(11-2)22-23(8,9)18(5,6)7/h10-11,13,15H,2,12H2,1,3-9H3/b14-10-/t13-,15+/m1/s1. The van der Waals surface area contributed by atoms with Gasteiger partial charge in [-0.3, -0.25) is 4.79 Å². The molecule has 4 nitrogen and oxygen atoms in total. The highest BCUT2D eigenvalue weighted by molar-refractivity contribution is 6.74. The predicted octanol–water partition coefficient (Wildman–Crippen LogP) is 4.28. The molecule has 0 radical (unpaired) electrons. The van der Waals surface area contributed by atoms with Crippen LogP contribution in [0.3, 0.4) is 0 Å². The van der Waals surface area contributed by atoms with Crippen LogP contribution in [0.25, 0.3) is 0 Å². The molecule has 0 aliphatic heterocycles. The molecule has 0 spiro atoms. The summed E-state index contributed by atoms with van der Waals surface area (Å²) in [6, 6.07) is 0.